The molecule has 0 saturated carbocycles. The lowest BCUT2D eigenvalue weighted by atomic mass is 9.81. The summed E-state index contributed by atoms with van der Waals surface area (Å²) in [4.78, 5) is 11.0. The molecule has 3 nitrogen and oxygen atoms in total. The normalized spacial score (nSPS) is 13.8. The summed E-state index contributed by atoms with van der Waals surface area (Å²) in [5.74, 6) is 0.848. The van der Waals surface area contributed by atoms with Gasteiger partial charge in [0.25, 0.3) is 0 Å². The van der Waals surface area contributed by atoms with Crippen molar-refractivity contribution in [2.75, 3.05) is 0 Å². The van der Waals surface area contributed by atoms with E-state index in [2.05, 4.69) is 158 Å². The van der Waals surface area contributed by atoms with Crippen LogP contribution in [0.1, 0.15) is 25.0 Å². The summed E-state index contributed by atoms with van der Waals surface area (Å²) < 4.78 is 2.40. The second-order valence-corrected chi connectivity index (χ2v) is 13.7. The maximum Gasteiger partial charge on any atom is 0.165 e. The van der Waals surface area contributed by atoms with Crippen molar-refractivity contribution in [3.05, 3.63) is 151 Å². The molecule has 0 saturated heterocycles. The lowest BCUT2D eigenvalue weighted by Crippen LogP contribution is -2.15. The fourth-order valence-electron chi connectivity index (χ4n) is 8.77. The van der Waals surface area contributed by atoms with E-state index in [1.165, 1.54) is 54.2 Å². The van der Waals surface area contributed by atoms with E-state index >= 15 is 0 Å². The standard InChI is InChI=1S/C45H29N3/c1-45(2)33-20-10-18-31-29-16-8-9-17-30(29)32-19-11-21-36-39(32)41-37(25-23-34(45)40(41)38(31)33)48(36)44-42(27-13-4-3-5-14-27)46-35-24-22-26-12-6-7-15-28(26)43(35)47-44/h3-25H,1-2H3. The van der Waals surface area contributed by atoms with Crippen LogP contribution in [0.25, 0.3) is 93.0 Å². The molecule has 1 aliphatic rings. The largest absolute Gasteiger partial charge is 0.292 e. The molecule has 0 fully saturated rings. The molecule has 48 heavy (non-hydrogen) atoms. The van der Waals surface area contributed by atoms with Gasteiger partial charge >= 0.3 is 0 Å². The van der Waals surface area contributed by atoms with Crippen molar-refractivity contribution in [3.63, 3.8) is 0 Å². The lowest BCUT2D eigenvalue weighted by Gasteiger charge is -2.22. The minimum atomic E-state index is -0.131. The van der Waals surface area contributed by atoms with Crippen molar-refractivity contribution in [1.82, 2.24) is 14.5 Å². The maximum atomic E-state index is 5.60. The predicted molar refractivity (Wildman–Crippen MR) is 201 cm³/mol. The third-order valence-corrected chi connectivity index (χ3v) is 10.9. The Balaban J connectivity index is 1.43. The summed E-state index contributed by atoms with van der Waals surface area (Å²) in [6.07, 6.45) is 0. The molecule has 0 bridgehead atoms. The van der Waals surface area contributed by atoms with Gasteiger partial charge in [-0.3, -0.25) is 4.57 Å². The Labute approximate surface area is 276 Å². The first-order valence-electron chi connectivity index (χ1n) is 16.7. The molecule has 0 unspecified atom stereocenters. The van der Waals surface area contributed by atoms with Gasteiger partial charge in [0.1, 0.15) is 5.69 Å². The Kier molecular flexibility index (Phi) is 4.91. The van der Waals surface area contributed by atoms with Gasteiger partial charge in [-0.2, -0.15) is 0 Å². The van der Waals surface area contributed by atoms with E-state index < -0.39 is 0 Å². The SMILES string of the molecule is CC1(C)c2cccc3c4ccccc4c4cccc5c4c4c(c1ccc4n5-c1nc4c(ccc5ccccc54)nc1-c1ccccc1)c23. The van der Waals surface area contributed by atoms with Gasteiger partial charge in [-0.15, -0.1) is 0 Å². The van der Waals surface area contributed by atoms with E-state index in [-0.39, 0.29) is 5.41 Å². The molecule has 224 valence electrons. The molecule has 0 aliphatic heterocycles. The van der Waals surface area contributed by atoms with Gasteiger partial charge < -0.3 is 0 Å². The Morgan fingerprint density at radius 1 is 0.458 bits per heavy atom. The van der Waals surface area contributed by atoms with Crippen LogP contribution in [0.15, 0.2) is 140 Å². The van der Waals surface area contributed by atoms with Gasteiger partial charge in [-0.25, -0.2) is 9.97 Å². The smallest absolute Gasteiger partial charge is 0.165 e. The summed E-state index contributed by atoms with van der Waals surface area (Å²) in [6, 6.07) is 50.6. The number of aromatic nitrogens is 3. The first-order chi connectivity index (χ1) is 23.6. The zero-order valence-electron chi connectivity index (χ0n) is 26.6. The summed E-state index contributed by atoms with van der Waals surface area (Å²) in [6.45, 7) is 4.76. The van der Waals surface area contributed by atoms with Crippen molar-refractivity contribution in [1.29, 1.82) is 0 Å². The topological polar surface area (TPSA) is 30.7 Å². The highest BCUT2D eigenvalue weighted by Gasteiger charge is 2.36. The van der Waals surface area contributed by atoms with E-state index in [0.29, 0.717) is 0 Å². The van der Waals surface area contributed by atoms with Gasteiger partial charge in [-0.05, 0) is 67.0 Å². The Bertz CT molecular complexity index is 3020. The van der Waals surface area contributed by atoms with Gasteiger partial charge in [0.2, 0.25) is 0 Å². The van der Waals surface area contributed by atoms with Crippen molar-refractivity contribution in [3.8, 4) is 17.1 Å². The first-order valence-corrected chi connectivity index (χ1v) is 16.7. The van der Waals surface area contributed by atoms with Crippen LogP contribution in [0.5, 0.6) is 0 Å². The fraction of sp³-hybridized carbons (Fsp3) is 0.0667. The van der Waals surface area contributed by atoms with Crippen molar-refractivity contribution >= 4 is 75.9 Å². The van der Waals surface area contributed by atoms with Crippen LogP contribution in [0.2, 0.25) is 0 Å². The Hall–Kier alpha value is -6.06. The second kappa shape index (κ2) is 9.05. The highest BCUT2D eigenvalue weighted by Crippen LogP contribution is 2.53. The number of hydrogen-bond donors (Lipinski definition) is 0. The molecular weight excluding hydrogens is 583 g/mol. The van der Waals surface area contributed by atoms with E-state index in [1.54, 1.807) is 0 Å². The summed E-state index contributed by atoms with van der Waals surface area (Å²) in [5.41, 5.74) is 8.66. The molecule has 2 aromatic heterocycles. The fourth-order valence-corrected chi connectivity index (χ4v) is 8.77. The number of nitrogens with zero attached hydrogens (tertiary/aromatic N) is 3. The molecule has 8 aromatic carbocycles. The van der Waals surface area contributed by atoms with Crippen LogP contribution in [-0.2, 0) is 5.41 Å². The molecule has 1 aliphatic carbocycles. The maximum absolute atomic E-state index is 5.60. The van der Waals surface area contributed by atoms with Gasteiger partial charge in [-0.1, -0.05) is 135 Å². The lowest BCUT2D eigenvalue weighted by molar-refractivity contribution is 0.663. The van der Waals surface area contributed by atoms with Crippen LogP contribution in [-0.4, -0.2) is 14.5 Å². The average Bonchev–Trinajstić information content (AvgIpc) is 3.59. The van der Waals surface area contributed by atoms with Crippen LogP contribution in [0.3, 0.4) is 0 Å². The van der Waals surface area contributed by atoms with Crippen molar-refractivity contribution in [2.45, 2.75) is 19.3 Å². The second-order valence-electron chi connectivity index (χ2n) is 13.7. The molecule has 10 aromatic rings. The Morgan fingerprint density at radius 3 is 1.92 bits per heavy atom. The highest BCUT2D eigenvalue weighted by atomic mass is 15.1. The van der Waals surface area contributed by atoms with Crippen molar-refractivity contribution in [2.24, 2.45) is 0 Å². The minimum absolute atomic E-state index is 0.131. The number of hydrogen-bond acceptors (Lipinski definition) is 2. The first kappa shape index (κ1) is 26.1. The quantitative estimate of drug-likeness (QED) is 0.182. The average molecular weight is 612 g/mol. The van der Waals surface area contributed by atoms with E-state index in [9.17, 15) is 0 Å². The molecule has 2 heterocycles. The number of rotatable bonds is 2. The molecule has 0 spiro atoms. The minimum Gasteiger partial charge on any atom is -0.292 e. The van der Waals surface area contributed by atoms with Crippen LogP contribution in [0, 0.1) is 0 Å². The molecule has 0 atom stereocenters. The molecule has 0 N–H and O–H groups in total. The third kappa shape index (κ3) is 3.18. The summed E-state index contributed by atoms with van der Waals surface area (Å²) >= 11 is 0. The van der Waals surface area contributed by atoms with E-state index in [1.807, 2.05) is 0 Å². The molecule has 3 heteroatoms. The van der Waals surface area contributed by atoms with E-state index in [4.69, 9.17) is 9.97 Å². The van der Waals surface area contributed by atoms with Crippen LogP contribution in [0.4, 0.5) is 0 Å². The highest BCUT2D eigenvalue weighted by molar-refractivity contribution is 6.35. The van der Waals surface area contributed by atoms with Gasteiger partial charge in [0.05, 0.1) is 22.1 Å². The number of benzene rings is 7. The number of fused-ring (bicyclic) bond motifs is 6. The molecule has 0 radical (unpaired) electrons. The third-order valence-electron chi connectivity index (χ3n) is 10.9. The van der Waals surface area contributed by atoms with Crippen LogP contribution < -0.4 is 0 Å². The van der Waals surface area contributed by atoms with Crippen LogP contribution >= 0.6 is 0 Å². The molecule has 11 rings (SSSR count). The molecule has 0 amide bonds. The summed E-state index contributed by atoms with van der Waals surface area (Å²) in [7, 11) is 0. The predicted octanol–water partition coefficient (Wildman–Crippen LogP) is 11.6. The zero-order valence-corrected chi connectivity index (χ0v) is 26.6. The van der Waals surface area contributed by atoms with Gasteiger partial charge in [0, 0.05) is 27.1 Å². The zero-order chi connectivity index (χ0) is 31.7. The van der Waals surface area contributed by atoms with E-state index in [0.717, 1.165) is 49.9 Å². The van der Waals surface area contributed by atoms with Crippen molar-refractivity contribution < 1.29 is 0 Å². The molecular formula is C45H29N3. The Morgan fingerprint density at radius 2 is 1.10 bits per heavy atom. The van der Waals surface area contributed by atoms with Gasteiger partial charge in [0.15, 0.2) is 5.82 Å². The summed E-state index contributed by atoms with van der Waals surface area (Å²) in [5, 5.41) is 12.7. The monoisotopic (exact) mass is 611 g/mol.